The van der Waals surface area contributed by atoms with Gasteiger partial charge in [0.2, 0.25) is 10.0 Å². The summed E-state index contributed by atoms with van der Waals surface area (Å²) in [5.41, 5.74) is 0.0484. The Kier molecular flexibility index (Phi) is 4.78. The number of nitrogens with one attached hydrogen (secondary N) is 1. The van der Waals surface area contributed by atoms with Gasteiger partial charge in [-0.15, -0.1) is 0 Å². The first-order valence-electron chi connectivity index (χ1n) is 5.37. The van der Waals surface area contributed by atoms with E-state index in [0.29, 0.717) is 6.07 Å². The normalized spacial score (nSPS) is 13.6. The number of aliphatic hydroxyl groups excluding tert-OH is 1. The van der Waals surface area contributed by atoms with Crippen LogP contribution in [0.3, 0.4) is 0 Å². The molecule has 0 aromatic heterocycles. The average Bonchev–Trinajstić information content (AvgIpc) is 2.22. The van der Waals surface area contributed by atoms with Gasteiger partial charge in [-0.2, -0.15) is 0 Å². The first-order chi connectivity index (χ1) is 8.24. The second-order valence-corrected chi connectivity index (χ2v) is 5.80. The molecule has 0 spiro atoms. The standard InChI is InChI=1S/C11H15F2NO3S/c1-7-5-11(10(13)6-9(7)12)18(16,17)14-4-3-8(2)15/h5-6,8,14-15H,3-4H2,1-2H3. The largest absolute Gasteiger partial charge is 0.393 e. The van der Waals surface area contributed by atoms with Gasteiger partial charge in [-0.05, 0) is 31.9 Å². The Labute approximate surface area is 105 Å². The molecule has 0 amide bonds. The summed E-state index contributed by atoms with van der Waals surface area (Å²) < 4.78 is 52.1. The van der Waals surface area contributed by atoms with Gasteiger partial charge in [0, 0.05) is 12.6 Å². The van der Waals surface area contributed by atoms with Gasteiger partial charge in [0.05, 0.1) is 6.10 Å². The van der Waals surface area contributed by atoms with Crippen LogP contribution in [-0.2, 0) is 10.0 Å². The van der Waals surface area contributed by atoms with Crippen LogP contribution in [0, 0.1) is 18.6 Å². The zero-order valence-corrected chi connectivity index (χ0v) is 10.9. The molecule has 0 aliphatic heterocycles. The molecule has 1 rings (SSSR count). The van der Waals surface area contributed by atoms with E-state index in [1.54, 1.807) is 0 Å². The zero-order valence-electron chi connectivity index (χ0n) is 10.1. The van der Waals surface area contributed by atoms with E-state index < -0.39 is 32.7 Å². The summed E-state index contributed by atoms with van der Waals surface area (Å²) in [7, 11) is -4.03. The highest BCUT2D eigenvalue weighted by atomic mass is 32.2. The summed E-state index contributed by atoms with van der Waals surface area (Å²) in [4.78, 5) is -0.591. The van der Waals surface area contributed by atoms with Crippen LogP contribution < -0.4 is 4.72 Å². The molecule has 0 radical (unpaired) electrons. The van der Waals surface area contributed by atoms with Crippen molar-refractivity contribution in [1.82, 2.24) is 4.72 Å². The fourth-order valence-electron chi connectivity index (χ4n) is 1.32. The third-order valence-electron chi connectivity index (χ3n) is 2.36. The number of hydrogen-bond donors (Lipinski definition) is 2. The minimum absolute atomic E-state index is 0.0180. The minimum atomic E-state index is -4.03. The molecule has 0 aliphatic carbocycles. The molecule has 102 valence electrons. The third-order valence-corrected chi connectivity index (χ3v) is 3.83. The number of sulfonamides is 1. The maximum absolute atomic E-state index is 13.4. The average molecular weight is 279 g/mol. The Hall–Kier alpha value is -1.05. The molecule has 0 fully saturated rings. The monoisotopic (exact) mass is 279 g/mol. The lowest BCUT2D eigenvalue weighted by molar-refractivity contribution is 0.186. The number of rotatable bonds is 5. The molecule has 4 nitrogen and oxygen atoms in total. The van der Waals surface area contributed by atoms with Crippen LogP contribution in [0.4, 0.5) is 8.78 Å². The third kappa shape index (κ3) is 3.72. The molecule has 0 aliphatic rings. The number of halogens is 2. The van der Waals surface area contributed by atoms with Crippen LogP contribution in [0.1, 0.15) is 18.9 Å². The molecule has 1 atom stereocenters. The van der Waals surface area contributed by atoms with E-state index in [1.165, 1.54) is 13.8 Å². The SMILES string of the molecule is Cc1cc(S(=O)(=O)NCCC(C)O)c(F)cc1F. The highest BCUT2D eigenvalue weighted by Gasteiger charge is 2.20. The van der Waals surface area contributed by atoms with Crippen molar-refractivity contribution in [3.63, 3.8) is 0 Å². The van der Waals surface area contributed by atoms with E-state index in [-0.39, 0.29) is 18.5 Å². The molecule has 1 unspecified atom stereocenters. The lowest BCUT2D eigenvalue weighted by atomic mass is 10.2. The second kappa shape index (κ2) is 5.73. The summed E-state index contributed by atoms with van der Waals surface area (Å²) in [5.74, 6) is -1.93. The lowest BCUT2D eigenvalue weighted by Crippen LogP contribution is -2.27. The van der Waals surface area contributed by atoms with Crippen molar-refractivity contribution in [2.24, 2.45) is 0 Å². The van der Waals surface area contributed by atoms with Crippen LogP contribution in [0.25, 0.3) is 0 Å². The van der Waals surface area contributed by atoms with E-state index in [0.717, 1.165) is 6.07 Å². The molecule has 0 saturated carbocycles. The summed E-state index contributed by atoms with van der Waals surface area (Å²) in [6.07, 6.45) is -0.450. The number of aliphatic hydroxyl groups is 1. The van der Waals surface area contributed by atoms with Crippen LogP contribution in [-0.4, -0.2) is 26.2 Å². The Morgan fingerprint density at radius 1 is 1.33 bits per heavy atom. The van der Waals surface area contributed by atoms with Crippen LogP contribution in [0.15, 0.2) is 17.0 Å². The van der Waals surface area contributed by atoms with Gasteiger partial charge in [-0.1, -0.05) is 0 Å². The second-order valence-electron chi connectivity index (χ2n) is 4.07. The molecule has 0 heterocycles. The highest BCUT2D eigenvalue weighted by Crippen LogP contribution is 2.18. The Bertz CT molecular complexity index is 529. The van der Waals surface area contributed by atoms with E-state index in [1.807, 2.05) is 0 Å². The molecule has 18 heavy (non-hydrogen) atoms. The number of aryl methyl sites for hydroxylation is 1. The van der Waals surface area contributed by atoms with Crippen molar-refractivity contribution in [1.29, 1.82) is 0 Å². The maximum Gasteiger partial charge on any atom is 0.243 e. The minimum Gasteiger partial charge on any atom is -0.393 e. The smallest absolute Gasteiger partial charge is 0.243 e. The molecular weight excluding hydrogens is 264 g/mol. The fraction of sp³-hybridized carbons (Fsp3) is 0.455. The highest BCUT2D eigenvalue weighted by molar-refractivity contribution is 7.89. The van der Waals surface area contributed by atoms with E-state index >= 15 is 0 Å². The Balaban J connectivity index is 2.95. The molecular formula is C11H15F2NO3S. The molecule has 7 heteroatoms. The van der Waals surface area contributed by atoms with Crippen molar-refractivity contribution < 1.29 is 22.3 Å². The van der Waals surface area contributed by atoms with Gasteiger partial charge in [0.1, 0.15) is 16.5 Å². The van der Waals surface area contributed by atoms with Crippen molar-refractivity contribution >= 4 is 10.0 Å². The summed E-state index contributed by atoms with van der Waals surface area (Å²) in [6.45, 7) is 2.84. The van der Waals surface area contributed by atoms with E-state index in [9.17, 15) is 17.2 Å². The van der Waals surface area contributed by atoms with Gasteiger partial charge < -0.3 is 5.11 Å². The molecule has 0 saturated heterocycles. The van der Waals surface area contributed by atoms with Crippen molar-refractivity contribution in [3.8, 4) is 0 Å². The summed E-state index contributed by atoms with van der Waals surface area (Å²) >= 11 is 0. The van der Waals surface area contributed by atoms with Crippen molar-refractivity contribution in [2.75, 3.05) is 6.54 Å². The predicted octanol–water partition coefficient (Wildman–Crippen LogP) is 1.32. The number of benzene rings is 1. The van der Waals surface area contributed by atoms with Crippen molar-refractivity contribution in [2.45, 2.75) is 31.3 Å². The quantitative estimate of drug-likeness (QED) is 0.854. The van der Waals surface area contributed by atoms with Gasteiger partial charge in [-0.3, -0.25) is 0 Å². The molecule has 1 aromatic carbocycles. The Morgan fingerprint density at radius 2 is 1.94 bits per heavy atom. The number of hydrogen-bond acceptors (Lipinski definition) is 3. The van der Waals surface area contributed by atoms with Crippen LogP contribution in [0.2, 0.25) is 0 Å². The van der Waals surface area contributed by atoms with Gasteiger partial charge in [-0.25, -0.2) is 21.9 Å². The van der Waals surface area contributed by atoms with Crippen LogP contribution >= 0.6 is 0 Å². The maximum atomic E-state index is 13.4. The molecule has 1 aromatic rings. The first kappa shape index (κ1) is 15.0. The van der Waals surface area contributed by atoms with Gasteiger partial charge in [0.15, 0.2) is 0 Å². The molecule has 0 bridgehead atoms. The molecule has 2 N–H and O–H groups in total. The van der Waals surface area contributed by atoms with Crippen molar-refractivity contribution in [3.05, 3.63) is 29.3 Å². The Morgan fingerprint density at radius 3 is 2.50 bits per heavy atom. The van der Waals surface area contributed by atoms with Gasteiger partial charge >= 0.3 is 0 Å². The zero-order chi connectivity index (χ0) is 13.9. The lowest BCUT2D eigenvalue weighted by Gasteiger charge is -2.09. The fourth-order valence-corrected chi connectivity index (χ4v) is 2.51. The summed E-state index contributed by atoms with van der Waals surface area (Å²) in [6, 6.07) is 1.48. The van der Waals surface area contributed by atoms with E-state index in [4.69, 9.17) is 5.11 Å². The van der Waals surface area contributed by atoms with Crippen LogP contribution in [0.5, 0.6) is 0 Å². The summed E-state index contributed by atoms with van der Waals surface area (Å²) in [5, 5.41) is 9.00. The van der Waals surface area contributed by atoms with Gasteiger partial charge in [0.25, 0.3) is 0 Å². The topological polar surface area (TPSA) is 66.4 Å². The van der Waals surface area contributed by atoms with E-state index in [2.05, 4.69) is 4.72 Å². The first-order valence-corrected chi connectivity index (χ1v) is 6.85. The predicted molar refractivity (Wildman–Crippen MR) is 62.6 cm³/mol.